The first-order valence-electron chi connectivity index (χ1n) is 11.0. The van der Waals surface area contributed by atoms with Crippen molar-refractivity contribution in [1.82, 2.24) is 15.6 Å². The number of nitrogens with one attached hydrogen (secondary N) is 2. The molecule has 0 aliphatic carbocycles. The molecule has 1 fully saturated rings. The van der Waals surface area contributed by atoms with Gasteiger partial charge in [0.1, 0.15) is 11.6 Å². The number of fused-ring (bicyclic) bond motifs is 1. The smallest absolute Gasteiger partial charge is 0.315 e. The fourth-order valence-electron chi connectivity index (χ4n) is 3.87. The molecule has 164 valence electrons. The summed E-state index contributed by atoms with van der Waals surface area (Å²) in [6.07, 6.45) is 5.58. The Kier molecular flexibility index (Phi) is 6.60. The Labute approximate surface area is 182 Å². The number of piperidine rings is 1. The lowest BCUT2D eigenvalue weighted by Gasteiger charge is -2.27. The number of benzene rings is 1. The number of amides is 2. The van der Waals surface area contributed by atoms with Crippen LogP contribution in [0.15, 0.2) is 47.0 Å². The average molecular weight is 423 g/mol. The van der Waals surface area contributed by atoms with Crippen molar-refractivity contribution < 1.29 is 13.9 Å². The summed E-state index contributed by atoms with van der Waals surface area (Å²) in [6.45, 7) is 6.96. The Bertz CT molecular complexity index is 1010. The normalized spacial score (nSPS) is 15.0. The summed E-state index contributed by atoms with van der Waals surface area (Å²) in [5, 5.41) is 6.78. The SMILES string of the molecule is CCOc1cccc2cc(C(C)NC(=O)NCc3ccc(N4CCCCC4)nc3)oc12. The zero-order valence-corrected chi connectivity index (χ0v) is 18.2. The zero-order valence-electron chi connectivity index (χ0n) is 18.2. The van der Waals surface area contributed by atoms with Crippen LogP contribution in [0, 0.1) is 0 Å². The second kappa shape index (κ2) is 9.73. The van der Waals surface area contributed by atoms with Crippen LogP contribution in [0.25, 0.3) is 11.0 Å². The van der Waals surface area contributed by atoms with Crippen LogP contribution in [0.4, 0.5) is 10.6 Å². The van der Waals surface area contributed by atoms with Crippen molar-refractivity contribution in [2.75, 3.05) is 24.6 Å². The van der Waals surface area contributed by atoms with Crippen LogP contribution < -0.4 is 20.3 Å². The maximum Gasteiger partial charge on any atom is 0.315 e. The molecule has 0 saturated carbocycles. The summed E-state index contributed by atoms with van der Waals surface area (Å²) in [5.41, 5.74) is 1.67. The molecule has 7 heteroatoms. The Morgan fingerprint density at radius 2 is 2.06 bits per heavy atom. The minimum absolute atomic E-state index is 0.252. The monoisotopic (exact) mass is 422 g/mol. The highest BCUT2D eigenvalue weighted by molar-refractivity contribution is 5.84. The summed E-state index contributed by atoms with van der Waals surface area (Å²) in [5.74, 6) is 2.41. The van der Waals surface area contributed by atoms with E-state index in [4.69, 9.17) is 9.15 Å². The molecular formula is C24H30N4O3. The number of ether oxygens (including phenoxy) is 1. The van der Waals surface area contributed by atoms with Crippen molar-refractivity contribution in [2.24, 2.45) is 0 Å². The zero-order chi connectivity index (χ0) is 21.6. The number of carbonyl (C=O) groups excluding carboxylic acids is 1. The van der Waals surface area contributed by atoms with Gasteiger partial charge in [0, 0.05) is 31.2 Å². The third-order valence-electron chi connectivity index (χ3n) is 5.54. The minimum atomic E-state index is -0.276. The number of para-hydroxylation sites is 1. The molecule has 3 aromatic rings. The molecule has 7 nitrogen and oxygen atoms in total. The number of hydrogen-bond donors (Lipinski definition) is 2. The Morgan fingerprint density at radius 1 is 1.23 bits per heavy atom. The van der Waals surface area contributed by atoms with Crippen LogP contribution in [-0.2, 0) is 6.54 Å². The van der Waals surface area contributed by atoms with Gasteiger partial charge < -0.3 is 24.7 Å². The maximum atomic E-state index is 12.4. The Hall–Kier alpha value is -3.22. The molecule has 1 unspecified atom stereocenters. The van der Waals surface area contributed by atoms with E-state index < -0.39 is 0 Å². The predicted octanol–water partition coefficient (Wildman–Crippen LogP) is 4.78. The number of urea groups is 1. The van der Waals surface area contributed by atoms with Gasteiger partial charge in [-0.15, -0.1) is 0 Å². The second-order valence-electron chi connectivity index (χ2n) is 7.88. The van der Waals surface area contributed by atoms with Crippen LogP contribution in [0.1, 0.15) is 50.5 Å². The van der Waals surface area contributed by atoms with Crippen molar-refractivity contribution in [3.05, 3.63) is 53.9 Å². The number of carbonyl (C=O) groups is 1. The molecule has 0 radical (unpaired) electrons. The quantitative estimate of drug-likeness (QED) is 0.573. The first-order valence-corrected chi connectivity index (χ1v) is 11.0. The van der Waals surface area contributed by atoms with E-state index in [9.17, 15) is 4.79 Å². The molecule has 4 rings (SSSR count). The van der Waals surface area contributed by atoms with E-state index in [1.54, 1.807) is 0 Å². The van der Waals surface area contributed by atoms with Gasteiger partial charge in [0.25, 0.3) is 0 Å². The van der Waals surface area contributed by atoms with E-state index >= 15 is 0 Å². The van der Waals surface area contributed by atoms with E-state index in [-0.39, 0.29) is 12.1 Å². The van der Waals surface area contributed by atoms with E-state index in [0.29, 0.717) is 30.2 Å². The highest BCUT2D eigenvalue weighted by Gasteiger charge is 2.16. The number of aromatic nitrogens is 1. The second-order valence-corrected chi connectivity index (χ2v) is 7.88. The van der Waals surface area contributed by atoms with Gasteiger partial charge in [0.2, 0.25) is 0 Å². The van der Waals surface area contributed by atoms with Crippen molar-refractivity contribution in [1.29, 1.82) is 0 Å². The summed E-state index contributed by atoms with van der Waals surface area (Å²) in [6, 6.07) is 11.3. The Morgan fingerprint density at radius 3 is 2.81 bits per heavy atom. The number of hydrogen-bond acceptors (Lipinski definition) is 5. The summed E-state index contributed by atoms with van der Waals surface area (Å²) >= 11 is 0. The molecule has 1 aliphatic rings. The van der Waals surface area contributed by atoms with Crippen LogP contribution in [-0.4, -0.2) is 30.7 Å². The van der Waals surface area contributed by atoms with Gasteiger partial charge in [-0.3, -0.25) is 0 Å². The maximum absolute atomic E-state index is 12.4. The molecule has 2 N–H and O–H groups in total. The number of rotatable bonds is 7. The van der Waals surface area contributed by atoms with Gasteiger partial charge in [-0.05, 0) is 56.9 Å². The fraction of sp³-hybridized carbons (Fsp3) is 0.417. The summed E-state index contributed by atoms with van der Waals surface area (Å²) in [7, 11) is 0. The summed E-state index contributed by atoms with van der Waals surface area (Å²) < 4.78 is 11.6. The number of nitrogens with zero attached hydrogens (tertiary/aromatic N) is 2. The van der Waals surface area contributed by atoms with Crippen LogP contribution in [0.5, 0.6) is 5.75 Å². The Balaban J connectivity index is 1.31. The van der Waals surface area contributed by atoms with Crippen LogP contribution in [0.2, 0.25) is 0 Å². The molecule has 1 saturated heterocycles. The minimum Gasteiger partial charge on any atom is -0.490 e. The van der Waals surface area contributed by atoms with Crippen LogP contribution >= 0.6 is 0 Å². The topological polar surface area (TPSA) is 79.6 Å². The lowest BCUT2D eigenvalue weighted by atomic mass is 10.1. The van der Waals surface area contributed by atoms with Crippen LogP contribution in [0.3, 0.4) is 0 Å². The third-order valence-corrected chi connectivity index (χ3v) is 5.54. The lowest BCUT2D eigenvalue weighted by Crippen LogP contribution is -2.36. The molecule has 1 atom stereocenters. The van der Waals surface area contributed by atoms with Crippen molar-refractivity contribution in [2.45, 2.75) is 45.7 Å². The van der Waals surface area contributed by atoms with Gasteiger partial charge >= 0.3 is 6.03 Å². The number of pyridine rings is 1. The van der Waals surface area contributed by atoms with Gasteiger partial charge in [0.05, 0.1) is 12.6 Å². The van der Waals surface area contributed by atoms with E-state index in [1.165, 1.54) is 19.3 Å². The van der Waals surface area contributed by atoms with Gasteiger partial charge in [-0.2, -0.15) is 0 Å². The average Bonchev–Trinajstić information content (AvgIpc) is 3.25. The largest absolute Gasteiger partial charge is 0.490 e. The molecule has 2 amide bonds. The molecule has 31 heavy (non-hydrogen) atoms. The molecule has 0 spiro atoms. The third kappa shape index (κ3) is 5.10. The standard InChI is InChI=1S/C24H30N4O3/c1-3-30-20-9-7-8-19-14-21(31-23(19)20)17(2)27-24(29)26-16-18-10-11-22(25-15-18)28-12-5-4-6-13-28/h7-11,14-15,17H,3-6,12-13,16H2,1-2H3,(H2,26,27,29). The van der Waals surface area contributed by atoms with E-state index in [2.05, 4.69) is 20.5 Å². The predicted molar refractivity (Wildman–Crippen MR) is 121 cm³/mol. The summed E-state index contributed by atoms with van der Waals surface area (Å²) in [4.78, 5) is 19.3. The fourth-order valence-corrected chi connectivity index (χ4v) is 3.87. The molecule has 2 aromatic heterocycles. The number of anilines is 1. The van der Waals surface area contributed by atoms with Crippen molar-refractivity contribution >= 4 is 22.8 Å². The first-order chi connectivity index (χ1) is 15.1. The highest BCUT2D eigenvalue weighted by atomic mass is 16.5. The molecule has 1 aliphatic heterocycles. The first kappa shape index (κ1) is 21.0. The van der Waals surface area contributed by atoms with Gasteiger partial charge in [0.15, 0.2) is 11.3 Å². The highest BCUT2D eigenvalue weighted by Crippen LogP contribution is 2.31. The lowest BCUT2D eigenvalue weighted by molar-refractivity contribution is 0.236. The van der Waals surface area contributed by atoms with E-state index in [0.717, 1.165) is 29.9 Å². The van der Waals surface area contributed by atoms with Gasteiger partial charge in [-0.1, -0.05) is 18.2 Å². The van der Waals surface area contributed by atoms with Gasteiger partial charge in [-0.25, -0.2) is 9.78 Å². The number of furan rings is 1. The molecule has 1 aromatic carbocycles. The van der Waals surface area contributed by atoms with E-state index in [1.807, 2.05) is 56.4 Å². The van der Waals surface area contributed by atoms with Crippen molar-refractivity contribution in [3.63, 3.8) is 0 Å². The molecule has 0 bridgehead atoms. The molecule has 3 heterocycles. The van der Waals surface area contributed by atoms with Crippen molar-refractivity contribution in [3.8, 4) is 5.75 Å². The molecular weight excluding hydrogens is 392 g/mol.